The number of hydrogen-bond acceptors (Lipinski definition) is 1. The van der Waals surface area contributed by atoms with Crippen LogP contribution in [-0.2, 0) is 6.54 Å². The zero-order valence-corrected chi connectivity index (χ0v) is 13.9. The molecule has 0 radical (unpaired) electrons. The van der Waals surface area contributed by atoms with Crippen molar-refractivity contribution in [3.63, 3.8) is 0 Å². The largest absolute Gasteiger partial charge is 0.348 e. The van der Waals surface area contributed by atoms with Crippen molar-refractivity contribution in [1.82, 2.24) is 4.90 Å². The second-order valence-corrected chi connectivity index (χ2v) is 5.92. The summed E-state index contributed by atoms with van der Waals surface area (Å²) in [6.45, 7) is 7.15. The molecule has 0 amide bonds. The summed E-state index contributed by atoms with van der Waals surface area (Å²) in [5, 5.41) is 4.06. The van der Waals surface area contributed by atoms with Gasteiger partial charge in [-0.2, -0.15) is 0 Å². The number of hydrogen-bond donors (Lipinski definition) is 1. The van der Waals surface area contributed by atoms with Crippen LogP contribution in [0.2, 0.25) is 0 Å². The molecule has 0 fully saturated rings. The van der Waals surface area contributed by atoms with Crippen molar-refractivity contribution in [1.29, 1.82) is 0 Å². The van der Waals surface area contributed by atoms with Crippen LogP contribution in [0.15, 0.2) is 42.5 Å². The maximum Gasteiger partial charge on any atom is 0.173 e. The van der Waals surface area contributed by atoms with Gasteiger partial charge in [0, 0.05) is 19.3 Å². The highest BCUT2D eigenvalue weighted by Crippen LogP contribution is 2.16. The number of benzene rings is 2. The van der Waals surface area contributed by atoms with Crippen molar-refractivity contribution < 1.29 is 0 Å². The van der Waals surface area contributed by atoms with Crippen LogP contribution in [0.4, 0.5) is 5.69 Å². The summed E-state index contributed by atoms with van der Waals surface area (Å²) >= 11 is 5.50. The molecule has 0 bridgehead atoms. The summed E-state index contributed by atoms with van der Waals surface area (Å²) in [4.78, 5) is 2.07. The maximum atomic E-state index is 5.50. The van der Waals surface area contributed by atoms with Gasteiger partial charge in [0.1, 0.15) is 0 Å². The highest BCUT2D eigenvalue weighted by molar-refractivity contribution is 7.80. The first-order valence-corrected chi connectivity index (χ1v) is 7.52. The second-order valence-electron chi connectivity index (χ2n) is 5.53. The molecule has 1 N–H and O–H groups in total. The SMILES string of the molecule is Cc1ccc(CN(C)C(=S)Nc2ccccc2C)c(C)c1. The zero-order valence-electron chi connectivity index (χ0n) is 13.1. The number of nitrogens with zero attached hydrogens (tertiary/aromatic N) is 1. The van der Waals surface area contributed by atoms with E-state index in [1.807, 2.05) is 25.2 Å². The van der Waals surface area contributed by atoms with Gasteiger partial charge in [0.2, 0.25) is 0 Å². The Morgan fingerprint density at radius 1 is 1.05 bits per heavy atom. The van der Waals surface area contributed by atoms with E-state index in [0.29, 0.717) is 0 Å². The van der Waals surface area contributed by atoms with Gasteiger partial charge < -0.3 is 10.2 Å². The van der Waals surface area contributed by atoms with Gasteiger partial charge in [0.15, 0.2) is 5.11 Å². The first-order valence-electron chi connectivity index (χ1n) is 7.11. The first-order chi connectivity index (χ1) is 9.97. The molecule has 110 valence electrons. The van der Waals surface area contributed by atoms with Crippen LogP contribution in [0.1, 0.15) is 22.3 Å². The molecule has 0 spiro atoms. The van der Waals surface area contributed by atoms with E-state index in [4.69, 9.17) is 12.2 Å². The van der Waals surface area contributed by atoms with E-state index in [1.54, 1.807) is 0 Å². The lowest BCUT2D eigenvalue weighted by atomic mass is 10.1. The Kier molecular flexibility index (Phi) is 4.97. The fraction of sp³-hybridized carbons (Fsp3) is 0.278. The molecule has 0 saturated carbocycles. The molecular formula is C18H22N2S. The predicted octanol–water partition coefficient (Wildman–Crippen LogP) is 4.44. The van der Waals surface area contributed by atoms with Crippen molar-refractivity contribution in [2.45, 2.75) is 27.3 Å². The van der Waals surface area contributed by atoms with Crippen molar-refractivity contribution in [2.75, 3.05) is 12.4 Å². The molecule has 0 saturated heterocycles. The van der Waals surface area contributed by atoms with E-state index in [1.165, 1.54) is 22.3 Å². The molecule has 2 rings (SSSR count). The Bertz CT molecular complexity index is 649. The molecular weight excluding hydrogens is 276 g/mol. The smallest absolute Gasteiger partial charge is 0.173 e. The van der Waals surface area contributed by atoms with Gasteiger partial charge in [-0.3, -0.25) is 0 Å². The summed E-state index contributed by atoms with van der Waals surface area (Å²) in [6.07, 6.45) is 0. The minimum atomic E-state index is 0.740. The molecule has 0 aromatic heterocycles. The highest BCUT2D eigenvalue weighted by Gasteiger charge is 2.08. The standard InChI is InChI=1S/C18H22N2S/c1-13-9-10-16(15(3)11-13)12-20(4)18(21)19-17-8-6-5-7-14(17)2/h5-11H,12H2,1-4H3,(H,19,21). The summed E-state index contributed by atoms with van der Waals surface area (Å²) in [7, 11) is 2.02. The number of rotatable bonds is 3. The Morgan fingerprint density at radius 3 is 2.43 bits per heavy atom. The molecule has 0 unspecified atom stereocenters. The third kappa shape index (κ3) is 4.05. The Morgan fingerprint density at radius 2 is 1.76 bits per heavy atom. The Hall–Kier alpha value is -1.87. The minimum Gasteiger partial charge on any atom is -0.348 e. The average Bonchev–Trinajstić information content (AvgIpc) is 2.44. The first kappa shape index (κ1) is 15.5. The number of anilines is 1. The molecule has 0 aliphatic carbocycles. The summed E-state index contributed by atoms with van der Waals surface area (Å²) in [5.74, 6) is 0. The summed E-state index contributed by atoms with van der Waals surface area (Å²) in [5.41, 5.74) is 6.16. The second kappa shape index (κ2) is 6.72. The van der Waals surface area contributed by atoms with Crippen LogP contribution >= 0.6 is 12.2 Å². The van der Waals surface area contributed by atoms with Gasteiger partial charge in [-0.1, -0.05) is 42.0 Å². The quantitative estimate of drug-likeness (QED) is 0.843. The van der Waals surface area contributed by atoms with Crippen LogP contribution in [0.25, 0.3) is 0 Å². The van der Waals surface area contributed by atoms with Crippen molar-refractivity contribution in [2.24, 2.45) is 0 Å². The number of thiocarbonyl (C=S) groups is 1. The highest BCUT2D eigenvalue weighted by atomic mass is 32.1. The van der Waals surface area contributed by atoms with E-state index < -0.39 is 0 Å². The van der Waals surface area contributed by atoms with Crippen LogP contribution in [0.5, 0.6) is 0 Å². The van der Waals surface area contributed by atoms with E-state index in [2.05, 4.69) is 55.3 Å². The van der Waals surface area contributed by atoms with Gasteiger partial charge >= 0.3 is 0 Å². The summed E-state index contributed by atoms with van der Waals surface area (Å²) in [6, 6.07) is 14.7. The van der Waals surface area contributed by atoms with E-state index in [9.17, 15) is 0 Å². The van der Waals surface area contributed by atoms with Crippen molar-refractivity contribution >= 4 is 23.0 Å². The molecule has 0 aliphatic rings. The fourth-order valence-corrected chi connectivity index (χ4v) is 2.45. The molecule has 21 heavy (non-hydrogen) atoms. The van der Waals surface area contributed by atoms with E-state index >= 15 is 0 Å². The van der Waals surface area contributed by atoms with Crippen LogP contribution in [0, 0.1) is 20.8 Å². The van der Waals surface area contributed by atoms with Crippen molar-refractivity contribution in [3.05, 3.63) is 64.7 Å². The molecule has 0 heterocycles. The topological polar surface area (TPSA) is 15.3 Å². The Labute approximate surface area is 132 Å². The normalized spacial score (nSPS) is 10.3. The fourth-order valence-electron chi connectivity index (χ4n) is 2.27. The van der Waals surface area contributed by atoms with E-state index in [0.717, 1.165) is 17.3 Å². The molecule has 2 aromatic carbocycles. The zero-order chi connectivity index (χ0) is 15.4. The molecule has 0 atom stereocenters. The van der Waals surface area contributed by atoms with Gasteiger partial charge in [0.25, 0.3) is 0 Å². The van der Waals surface area contributed by atoms with Crippen molar-refractivity contribution in [3.8, 4) is 0 Å². The average molecular weight is 298 g/mol. The molecule has 2 aromatic rings. The summed E-state index contributed by atoms with van der Waals surface area (Å²) < 4.78 is 0. The monoisotopic (exact) mass is 298 g/mol. The van der Waals surface area contributed by atoms with Crippen LogP contribution in [0.3, 0.4) is 0 Å². The number of aryl methyl sites for hydroxylation is 3. The van der Waals surface area contributed by atoms with Crippen LogP contribution in [-0.4, -0.2) is 17.1 Å². The maximum absolute atomic E-state index is 5.50. The minimum absolute atomic E-state index is 0.740. The molecule has 0 aliphatic heterocycles. The Balaban J connectivity index is 2.04. The lowest BCUT2D eigenvalue weighted by Crippen LogP contribution is -2.31. The lowest BCUT2D eigenvalue weighted by molar-refractivity contribution is 0.507. The number of para-hydroxylation sites is 1. The van der Waals surface area contributed by atoms with Gasteiger partial charge in [-0.25, -0.2) is 0 Å². The van der Waals surface area contributed by atoms with Gasteiger partial charge in [0.05, 0.1) is 0 Å². The van der Waals surface area contributed by atoms with E-state index in [-0.39, 0.29) is 0 Å². The van der Waals surface area contributed by atoms with Crippen LogP contribution < -0.4 is 5.32 Å². The third-order valence-electron chi connectivity index (χ3n) is 3.64. The third-order valence-corrected chi connectivity index (χ3v) is 4.05. The predicted molar refractivity (Wildman–Crippen MR) is 94.8 cm³/mol. The molecule has 2 nitrogen and oxygen atoms in total. The van der Waals surface area contributed by atoms with Gasteiger partial charge in [-0.15, -0.1) is 0 Å². The lowest BCUT2D eigenvalue weighted by Gasteiger charge is -2.23. The molecule has 3 heteroatoms. The number of nitrogens with one attached hydrogen (secondary N) is 1. The van der Waals surface area contributed by atoms with Gasteiger partial charge in [-0.05, 0) is 55.7 Å².